The molecular weight excluding hydrogens is 216 g/mol. The Kier molecular flexibility index (Phi) is 4.28. The van der Waals surface area contributed by atoms with Crippen molar-refractivity contribution < 1.29 is 19.5 Å². The van der Waals surface area contributed by atoms with Crippen molar-refractivity contribution in [1.82, 2.24) is 20.8 Å². The summed E-state index contributed by atoms with van der Waals surface area (Å²) in [6, 6.07) is -0.964. The fraction of sp³-hybridized carbons (Fsp3) is 0.375. The molecule has 1 unspecified atom stereocenters. The molecule has 0 aromatic carbocycles. The van der Waals surface area contributed by atoms with Gasteiger partial charge in [-0.3, -0.25) is 4.84 Å². The molecule has 8 nitrogen and oxygen atoms in total. The largest absolute Gasteiger partial charge is 0.479 e. The summed E-state index contributed by atoms with van der Waals surface area (Å²) in [6.07, 6.45) is 3.19. The van der Waals surface area contributed by atoms with Gasteiger partial charge in [0.15, 0.2) is 6.61 Å². The molecule has 0 aliphatic rings. The van der Waals surface area contributed by atoms with Crippen LogP contribution in [0.1, 0.15) is 18.8 Å². The molecule has 8 heteroatoms. The number of carbonyl (C=O) groups excluding carboxylic acids is 1. The van der Waals surface area contributed by atoms with Gasteiger partial charge in [0, 0.05) is 12.4 Å². The van der Waals surface area contributed by atoms with Gasteiger partial charge < -0.3 is 15.4 Å². The predicted octanol–water partition coefficient (Wildman–Crippen LogP) is -0.214. The monoisotopic (exact) mass is 228 g/mol. The van der Waals surface area contributed by atoms with Gasteiger partial charge in [-0.2, -0.15) is 0 Å². The van der Waals surface area contributed by atoms with Gasteiger partial charge in [0.1, 0.15) is 5.82 Å². The predicted molar refractivity (Wildman–Crippen MR) is 52.3 cm³/mol. The number of hydroxylamine groups is 1. The van der Waals surface area contributed by atoms with E-state index in [1.807, 2.05) is 5.48 Å². The van der Waals surface area contributed by atoms with Gasteiger partial charge in [0.25, 0.3) is 0 Å². The lowest BCUT2D eigenvalue weighted by Crippen LogP contribution is -2.38. The van der Waals surface area contributed by atoms with Gasteiger partial charge >= 0.3 is 12.0 Å². The summed E-state index contributed by atoms with van der Waals surface area (Å²) in [7, 11) is 0. The van der Waals surface area contributed by atoms with Gasteiger partial charge in [0.2, 0.25) is 0 Å². The number of carboxylic acid groups (broad SMARTS) is 1. The van der Waals surface area contributed by atoms with Crippen LogP contribution in [0.25, 0.3) is 0 Å². The van der Waals surface area contributed by atoms with Crippen LogP contribution >= 0.6 is 0 Å². The molecule has 0 spiro atoms. The second kappa shape index (κ2) is 5.71. The second-order valence-electron chi connectivity index (χ2n) is 2.95. The summed E-state index contributed by atoms with van der Waals surface area (Å²) in [6.45, 7) is 1.12. The van der Waals surface area contributed by atoms with Gasteiger partial charge in [-0.25, -0.2) is 20.1 Å². The van der Waals surface area contributed by atoms with E-state index in [1.165, 1.54) is 0 Å². The first kappa shape index (κ1) is 12.0. The van der Waals surface area contributed by atoms with Crippen LogP contribution in [0.5, 0.6) is 0 Å². The molecule has 88 valence electrons. The van der Waals surface area contributed by atoms with Gasteiger partial charge in [-0.1, -0.05) is 0 Å². The van der Waals surface area contributed by atoms with E-state index >= 15 is 0 Å². The number of nitrogens with one attached hydrogen (secondary N) is 3. The molecule has 0 aliphatic heterocycles. The summed E-state index contributed by atoms with van der Waals surface area (Å²) in [5.41, 5.74) is 1.93. The van der Waals surface area contributed by atoms with E-state index in [9.17, 15) is 9.59 Å². The molecule has 4 N–H and O–H groups in total. The number of amides is 2. The van der Waals surface area contributed by atoms with Crippen molar-refractivity contribution in [3.63, 3.8) is 0 Å². The first-order chi connectivity index (χ1) is 7.59. The van der Waals surface area contributed by atoms with Crippen LogP contribution in [0, 0.1) is 0 Å². The zero-order valence-corrected chi connectivity index (χ0v) is 8.56. The Balaban J connectivity index is 2.26. The number of aromatic nitrogens is 2. The Labute approximate surface area is 91.0 Å². The first-order valence-corrected chi connectivity index (χ1v) is 4.49. The number of aromatic amines is 1. The minimum absolute atomic E-state index is 0.330. The average molecular weight is 228 g/mol. The molecule has 0 saturated carbocycles. The number of H-pyrrole nitrogens is 1. The topological polar surface area (TPSA) is 116 Å². The molecule has 16 heavy (non-hydrogen) atoms. The quantitative estimate of drug-likeness (QED) is 0.520. The van der Waals surface area contributed by atoms with E-state index in [0.29, 0.717) is 5.82 Å². The fourth-order valence-electron chi connectivity index (χ4n) is 0.972. The van der Waals surface area contributed by atoms with E-state index in [-0.39, 0.29) is 6.04 Å². The standard InChI is InChI=1S/C8H12N4O4/c1-5(7-9-2-3-10-7)11-8(15)12-16-4-6(13)14/h2-3,5H,4H2,1H3,(H,9,10)(H,13,14)(H2,11,12,15). The van der Waals surface area contributed by atoms with Gasteiger partial charge in [0.05, 0.1) is 6.04 Å². The Morgan fingerprint density at radius 2 is 2.44 bits per heavy atom. The highest BCUT2D eigenvalue weighted by Gasteiger charge is 2.11. The van der Waals surface area contributed by atoms with Crippen LogP contribution in [-0.4, -0.2) is 33.7 Å². The van der Waals surface area contributed by atoms with Crippen LogP contribution in [0.15, 0.2) is 12.4 Å². The number of urea groups is 1. The van der Waals surface area contributed by atoms with Crippen molar-refractivity contribution in [1.29, 1.82) is 0 Å². The number of aliphatic carboxylic acids is 1. The van der Waals surface area contributed by atoms with Crippen LogP contribution in [0.3, 0.4) is 0 Å². The van der Waals surface area contributed by atoms with E-state index in [1.54, 1.807) is 19.3 Å². The van der Waals surface area contributed by atoms with Crippen LogP contribution in [0.4, 0.5) is 4.79 Å². The first-order valence-electron chi connectivity index (χ1n) is 4.49. The number of imidazole rings is 1. The molecule has 0 fully saturated rings. The third kappa shape index (κ3) is 3.96. The Morgan fingerprint density at radius 1 is 1.69 bits per heavy atom. The number of rotatable bonds is 5. The maximum Gasteiger partial charge on any atom is 0.339 e. The number of hydrogen-bond donors (Lipinski definition) is 4. The van der Waals surface area contributed by atoms with Crippen LogP contribution in [-0.2, 0) is 9.63 Å². The van der Waals surface area contributed by atoms with E-state index < -0.39 is 18.6 Å². The van der Waals surface area contributed by atoms with Gasteiger partial charge in [-0.05, 0) is 6.92 Å². The number of carboxylic acids is 1. The Morgan fingerprint density at radius 3 is 3.00 bits per heavy atom. The highest BCUT2D eigenvalue weighted by Crippen LogP contribution is 2.03. The average Bonchev–Trinajstić information content (AvgIpc) is 2.69. The summed E-state index contributed by atoms with van der Waals surface area (Å²) in [5, 5.41) is 10.7. The molecule has 0 bridgehead atoms. The lowest BCUT2D eigenvalue weighted by molar-refractivity contribution is -0.144. The molecule has 1 rings (SSSR count). The minimum atomic E-state index is -1.17. The summed E-state index contributed by atoms with van der Waals surface area (Å²) in [5.74, 6) is -0.576. The van der Waals surface area contributed by atoms with Crippen LogP contribution in [0.2, 0.25) is 0 Å². The molecule has 1 aromatic heterocycles. The second-order valence-corrected chi connectivity index (χ2v) is 2.95. The van der Waals surface area contributed by atoms with Crippen molar-refractivity contribution in [3.05, 3.63) is 18.2 Å². The summed E-state index contributed by atoms with van der Waals surface area (Å²) in [4.78, 5) is 32.4. The molecule has 1 aromatic rings. The molecule has 0 radical (unpaired) electrons. The highest BCUT2D eigenvalue weighted by atomic mass is 16.7. The van der Waals surface area contributed by atoms with Crippen molar-refractivity contribution in [2.24, 2.45) is 0 Å². The summed E-state index contributed by atoms with van der Waals surface area (Å²) >= 11 is 0. The fourth-order valence-corrected chi connectivity index (χ4v) is 0.972. The number of nitrogens with zero attached hydrogens (tertiary/aromatic N) is 1. The zero-order chi connectivity index (χ0) is 12.0. The number of hydrogen-bond acceptors (Lipinski definition) is 4. The van der Waals surface area contributed by atoms with Crippen molar-refractivity contribution in [2.75, 3.05) is 6.61 Å². The lowest BCUT2D eigenvalue weighted by Gasteiger charge is -2.11. The molecule has 1 atom stereocenters. The maximum atomic E-state index is 11.1. The van der Waals surface area contributed by atoms with Crippen LogP contribution < -0.4 is 10.8 Å². The molecule has 2 amide bonds. The lowest BCUT2D eigenvalue weighted by atomic mass is 10.3. The van der Waals surface area contributed by atoms with Gasteiger partial charge in [-0.15, -0.1) is 0 Å². The van der Waals surface area contributed by atoms with E-state index in [2.05, 4.69) is 20.1 Å². The zero-order valence-electron chi connectivity index (χ0n) is 8.56. The van der Waals surface area contributed by atoms with Crippen molar-refractivity contribution in [3.8, 4) is 0 Å². The maximum absolute atomic E-state index is 11.1. The molecule has 0 aliphatic carbocycles. The normalized spacial score (nSPS) is 11.8. The number of carbonyl (C=O) groups is 2. The molecule has 1 heterocycles. The summed E-state index contributed by atoms with van der Waals surface area (Å²) < 4.78 is 0. The van der Waals surface area contributed by atoms with Crippen molar-refractivity contribution in [2.45, 2.75) is 13.0 Å². The Bertz CT molecular complexity index is 351. The Hall–Kier alpha value is -2.09. The molecular formula is C8H12N4O4. The third-order valence-corrected chi connectivity index (χ3v) is 1.64. The smallest absolute Gasteiger partial charge is 0.339 e. The van der Waals surface area contributed by atoms with E-state index in [4.69, 9.17) is 5.11 Å². The van der Waals surface area contributed by atoms with E-state index in [0.717, 1.165) is 0 Å². The minimum Gasteiger partial charge on any atom is -0.479 e. The SMILES string of the molecule is CC(NC(=O)NOCC(=O)O)c1ncc[nH]1. The highest BCUT2D eigenvalue weighted by molar-refractivity contribution is 5.73. The van der Waals surface area contributed by atoms with Crippen molar-refractivity contribution >= 4 is 12.0 Å². The third-order valence-electron chi connectivity index (χ3n) is 1.64. The molecule has 0 saturated heterocycles.